The van der Waals surface area contributed by atoms with Crippen LogP contribution in [0, 0.1) is 0 Å². The van der Waals surface area contributed by atoms with Gasteiger partial charge in [-0.2, -0.15) is 0 Å². The summed E-state index contributed by atoms with van der Waals surface area (Å²) < 4.78 is 0. The number of carboxylic acid groups (broad SMARTS) is 1. The van der Waals surface area contributed by atoms with Crippen molar-refractivity contribution < 1.29 is 14.7 Å². The van der Waals surface area contributed by atoms with Crippen LogP contribution < -0.4 is 10.6 Å². The highest BCUT2D eigenvalue weighted by Crippen LogP contribution is 2.13. The zero-order valence-corrected chi connectivity index (χ0v) is 6.18. The Morgan fingerprint density at radius 3 is 2.82 bits per heavy atom. The fourth-order valence-corrected chi connectivity index (χ4v) is 1.12. The lowest BCUT2D eigenvalue weighted by atomic mass is 10.0. The van der Waals surface area contributed by atoms with E-state index in [9.17, 15) is 9.59 Å². The number of nitrogens with one attached hydrogen (secondary N) is 2. The quantitative estimate of drug-likeness (QED) is 0.483. The summed E-state index contributed by atoms with van der Waals surface area (Å²) in [5.74, 6) is -0.110. The molecule has 0 aliphatic carbocycles. The van der Waals surface area contributed by atoms with Gasteiger partial charge in [0.2, 0.25) is 5.91 Å². The predicted octanol–water partition coefficient (Wildman–Crippen LogP) is -0.467. The van der Waals surface area contributed by atoms with E-state index < -0.39 is 11.6 Å². The van der Waals surface area contributed by atoms with Gasteiger partial charge in [0.15, 0.2) is 0 Å². The zero-order valence-electron chi connectivity index (χ0n) is 6.18. The molecule has 1 saturated heterocycles. The Morgan fingerprint density at radius 1 is 1.82 bits per heavy atom. The summed E-state index contributed by atoms with van der Waals surface area (Å²) >= 11 is 0. The third-order valence-electron chi connectivity index (χ3n) is 1.64. The molecule has 0 saturated carbocycles. The third kappa shape index (κ3) is 1.83. The smallest absolute Gasteiger partial charge is 0.405 e. The minimum absolute atomic E-state index is 0.110. The van der Waals surface area contributed by atoms with Gasteiger partial charge in [0.1, 0.15) is 0 Å². The molecule has 1 unspecified atom stereocenters. The SMILES string of the molecule is CC1(NC(=O)O)CNC(=O)C1. The van der Waals surface area contributed by atoms with Gasteiger partial charge < -0.3 is 15.7 Å². The first-order chi connectivity index (χ1) is 5.02. The molecule has 1 heterocycles. The Bertz CT molecular complexity index is 204. The topological polar surface area (TPSA) is 78.4 Å². The summed E-state index contributed by atoms with van der Waals surface area (Å²) in [5.41, 5.74) is -0.622. The van der Waals surface area contributed by atoms with Crippen molar-refractivity contribution in [2.24, 2.45) is 0 Å². The second kappa shape index (κ2) is 2.41. The Hall–Kier alpha value is -1.26. The van der Waals surface area contributed by atoms with Crippen LogP contribution in [-0.4, -0.2) is 29.2 Å². The summed E-state index contributed by atoms with van der Waals surface area (Å²) in [6, 6.07) is 0. The Kier molecular flexibility index (Phi) is 1.72. The fraction of sp³-hybridized carbons (Fsp3) is 0.667. The maximum atomic E-state index is 10.7. The van der Waals surface area contributed by atoms with E-state index in [0.29, 0.717) is 6.54 Å². The summed E-state index contributed by atoms with van der Waals surface area (Å²) in [5, 5.41) is 13.2. The van der Waals surface area contributed by atoms with Gasteiger partial charge in [-0.25, -0.2) is 4.79 Å². The average molecular weight is 158 g/mol. The monoisotopic (exact) mass is 158 g/mol. The summed E-state index contributed by atoms with van der Waals surface area (Å²) in [6.45, 7) is 2.07. The molecule has 0 aromatic rings. The van der Waals surface area contributed by atoms with Crippen LogP contribution in [-0.2, 0) is 4.79 Å². The lowest BCUT2D eigenvalue weighted by Gasteiger charge is -2.20. The average Bonchev–Trinajstić information content (AvgIpc) is 2.08. The van der Waals surface area contributed by atoms with Crippen molar-refractivity contribution in [3.8, 4) is 0 Å². The minimum atomic E-state index is -1.09. The molecular formula is C6H10N2O3. The number of amides is 2. The molecule has 1 atom stereocenters. The van der Waals surface area contributed by atoms with Gasteiger partial charge in [0.05, 0.1) is 12.0 Å². The molecule has 0 bridgehead atoms. The van der Waals surface area contributed by atoms with Gasteiger partial charge >= 0.3 is 6.09 Å². The standard InChI is InChI=1S/C6H10N2O3/c1-6(8-5(10)11)2-4(9)7-3-6/h8H,2-3H2,1H3,(H,7,9)(H,10,11). The Balaban J connectivity index is 2.55. The first kappa shape index (κ1) is 7.84. The lowest BCUT2D eigenvalue weighted by molar-refractivity contribution is -0.119. The first-order valence-corrected chi connectivity index (χ1v) is 3.30. The maximum Gasteiger partial charge on any atom is 0.405 e. The first-order valence-electron chi connectivity index (χ1n) is 3.30. The van der Waals surface area contributed by atoms with Crippen LogP contribution in [0.1, 0.15) is 13.3 Å². The molecule has 0 aromatic carbocycles. The van der Waals surface area contributed by atoms with Crippen LogP contribution in [0.15, 0.2) is 0 Å². The second-order valence-corrected chi connectivity index (χ2v) is 2.94. The van der Waals surface area contributed by atoms with E-state index in [2.05, 4.69) is 10.6 Å². The highest BCUT2D eigenvalue weighted by molar-refractivity contribution is 5.81. The highest BCUT2D eigenvalue weighted by Gasteiger charge is 2.34. The van der Waals surface area contributed by atoms with Crippen LogP contribution >= 0.6 is 0 Å². The Morgan fingerprint density at radius 2 is 2.45 bits per heavy atom. The Labute approximate surface area is 63.8 Å². The molecule has 0 aromatic heterocycles. The van der Waals surface area contributed by atoms with Crippen LogP contribution in [0.4, 0.5) is 4.79 Å². The van der Waals surface area contributed by atoms with Crippen molar-refractivity contribution >= 4 is 12.0 Å². The largest absolute Gasteiger partial charge is 0.465 e. The van der Waals surface area contributed by atoms with E-state index in [0.717, 1.165) is 0 Å². The molecule has 2 amide bonds. The number of carbonyl (C=O) groups excluding carboxylic acids is 1. The molecule has 11 heavy (non-hydrogen) atoms. The lowest BCUT2D eigenvalue weighted by Crippen LogP contribution is -2.46. The molecule has 62 valence electrons. The summed E-state index contributed by atoms with van der Waals surface area (Å²) in [6.07, 6.45) is -0.872. The summed E-state index contributed by atoms with van der Waals surface area (Å²) in [4.78, 5) is 20.9. The van der Waals surface area contributed by atoms with Crippen LogP contribution in [0.2, 0.25) is 0 Å². The van der Waals surface area contributed by atoms with Gasteiger partial charge in [-0.05, 0) is 6.92 Å². The van der Waals surface area contributed by atoms with Gasteiger partial charge in [0, 0.05) is 6.54 Å². The molecule has 1 aliphatic rings. The molecule has 1 fully saturated rings. The highest BCUT2D eigenvalue weighted by atomic mass is 16.4. The van der Waals surface area contributed by atoms with E-state index in [4.69, 9.17) is 5.11 Å². The number of rotatable bonds is 1. The number of hydrogen-bond donors (Lipinski definition) is 3. The molecule has 5 nitrogen and oxygen atoms in total. The van der Waals surface area contributed by atoms with E-state index in [1.165, 1.54) is 0 Å². The van der Waals surface area contributed by atoms with Crippen molar-refractivity contribution in [2.75, 3.05) is 6.54 Å². The molecular weight excluding hydrogens is 148 g/mol. The number of carbonyl (C=O) groups is 2. The number of hydrogen-bond acceptors (Lipinski definition) is 2. The van der Waals surface area contributed by atoms with Crippen LogP contribution in [0.3, 0.4) is 0 Å². The normalized spacial score (nSPS) is 29.7. The third-order valence-corrected chi connectivity index (χ3v) is 1.64. The van der Waals surface area contributed by atoms with Crippen molar-refractivity contribution in [3.05, 3.63) is 0 Å². The van der Waals surface area contributed by atoms with Gasteiger partial charge in [-0.1, -0.05) is 0 Å². The van der Waals surface area contributed by atoms with Gasteiger partial charge in [0.25, 0.3) is 0 Å². The van der Waals surface area contributed by atoms with Crippen molar-refractivity contribution in [2.45, 2.75) is 18.9 Å². The van der Waals surface area contributed by atoms with Crippen molar-refractivity contribution in [1.82, 2.24) is 10.6 Å². The van der Waals surface area contributed by atoms with Crippen molar-refractivity contribution in [1.29, 1.82) is 0 Å². The van der Waals surface area contributed by atoms with Crippen molar-refractivity contribution in [3.63, 3.8) is 0 Å². The van der Waals surface area contributed by atoms with Gasteiger partial charge in [-0.15, -0.1) is 0 Å². The molecule has 0 radical (unpaired) electrons. The molecule has 1 rings (SSSR count). The van der Waals surface area contributed by atoms with Gasteiger partial charge in [-0.3, -0.25) is 4.79 Å². The molecule has 3 N–H and O–H groups in total. The van der Waals surface area contributed by atoms with Crippen LogP contribution in [0.5, 0.6) is 0 Å². The van der Waals surface area contributed by atoms with E-state index >= 15 is 0 Å². The van der Waals surface area contributed by atoms with Crippen LogP contribution in [0.25, 0.3) is 0 Å². The van der Waals surface area contributed by atoms with E-state index in [-0.39, 0.29) is 12.3 Å². The summed E-state index contributed by atoms with van der Waals surface area (Å²) in [7, 11) is 0. The van der Waals surface area contributed by atoms with E-state index in [1.807, 2.05) is 0 Å². The maximum absolute atomic E-state index is 10.7. The minimum Gasteiger partial charge on any atom is -0.465 e. The zero-order chi connectivity index (χ0) is 8.48. The predicted molar refractivity (Wildman–Crippen MR) is 37.2 cm³/mol. The van der Waals surface area contributed by atoms with E-state index in [1.54, 1.807) is 6.92 Å². The second-order valence-electron chi connectivity index (χ2n) is 2.94. The molecule has 0 spiro atoms. The molecule has 1 aliphatic heterocycles. The molecule has 5 heteroatoms. The fourth-order valence-electron chi connectivity index (χ4n) is 1.12.